The van der Waals surface area contributed by atoms with Crippen molar-refractivity contribution in [3.8, 4) is 0 Å². The molecule has 0 radical (unpaired) electrons. The van der Waals surface area contributed by atoms with Crippen molar-refractivity contribution < 1.29 is 29.1 Å². The molecule has 5 N–H and O–H groups in total. The molecule has 190 valence electrons. The number of aromatic nitrogens is 3. The first-order valence-electron chi connectivity index (χ1n) is 10.0. The number of anilines is 1. The molecule has 0 aliphatic carbocycles. The average molecular weight is 571 g/mol. The Balaban J connectivity index is 1.47. The largest absolute Gasteiger partial charge is 0.477 e. The van der Waals surface area contributed by atoms with Crippen LogP contribution in [0.2, 0.25) is 0 Å². The summed E-state index contributed by atoms with van der Waals surface area (Å²) in [5, 5.41) is 28.3. The second-order valence-electron chi connectivity index (χ2n) is 7.00. The second-order valence-corrected chi connectivity index (χ2v) is 11.2. The van der Waals surface area contributed by atoms with Crippen molar-refractivity contribution in [1.29, 1.82) is 0 Å². The van der Waals surface area contributed by atoms with Crippen molar-refractivity contribution in [3.63, 3.8) is 0 Å². The summed E-state index contributed by atoms with van der Waals surface area (Å²) in [5.74, 6) is -1.85. The van der Waals surface area contributed by atoms with Crippen LogP contribution in [0, 0.1) is 0 Å². The number of amides is 3. The van der Waals surface area contributed by atoms with Crippen LogP contribution in [0.25, 0.3) is 0 Å². The molecule has 36 heavy (non-hydrogen) atoms. The van der Waals surface area contributed by atoms with Gasteiger partial charge in [-0.15, -0.1) is 33.3 Å². The molecule has 1 fully saturated rings. The minimum absolute atomic E-state index is 0.0971. The van der Waals surface area contributed by atoms with E-state index in [1.54, 1.807) is 0 Å². The van der Waals surface area contributed by atoms with Crippen LogP contribution in [-0.2, 0) is 30.6 Å². The first-order valence-corrected chi connectivity index (χ1v) is 13.7. The number of carboxylic acid groups (broad SMARTS) is 1. The number of carbonyl (C=O) groups excluding carboxylic acids is 3. The number of fused-ring (bicyclic) bond motifs is 1. The topological polar surface area (TPSA) is 202 Å². The van der Waals surface area contributed by atoms with Gasteiger partial charge in [0.25, 0.3) is 11.8 Å². The highest BCUT2D eigenvalue weighted by Gasteiger charge is 2.54. The van der Waals surface area contributed by atoms with Crippen LogP contribution >= 0.6 is 46.2 Å². The summed E-state index contributed by atoms with van der Waals surface area (Å²) in [5.41, 5.74) is 5.97. The second kappa shape index (κ2) is 11.3. The smallest absolute Gasteiger partial charge is 0.352 e. The fraction of sp³-hybridized carbons (Fsp3) is 0.333. The van der Waals surface area contributed by atoms with E-state index < -0.39 is 29.2 Å². The summed E-state index contributed by atoms with van der Waals surface area (Å²) in [7, 11) is 1.25. The van der Waals surface area contributed by atoms with Crippen molar-refractivity contribution >= 4 is 81.2 Å². The van der Waals surface area contributed by atoms with Gasteiger partial charge in [-0.2, -0.15) is 0 Å². The number of nitrogens with two attached hydrogens (primary N) is 1. The van der Waals surface area contributed by atoms with E-state index in [-0.39, 0.29) is 28.8 Å². The van der Waals surface area contributed by atoms with Crippen LogP contribution in [0.5, 0.6) is 0 Å². The molecule has 18 heteroatoms. The SMILES string of the molecule is CON=C(C(=O)NC1C(=O)N2C(C(=O)O)=C(CSc3nnc(CN)s3)CS[C@H]12)c1csc(NC=O)n1. The summed E-state index contributed by atoms with van der Waals surface area (Å²) in [4.78, 5) is 58.5. The molecule has 2 aliphatic rings. The van der Waals surface area contributed by atoms with Crippen molar-refractivity contribution in [2.24, 2.45) is 10.9 Å². The highest BCUT2D eigenvalue weighted by Crippen LogP contribution is 2.41. The van der Waals surface area contributed by atoms with Gasteiger partial charge in [0.15, 0.2) is 15.2 Å². The summed E-state index contributed by atoms with van der Waals surface area (Å²) in [6.07, 6.45) is 0.448. The zero-order chi connectivity index (χ0) is 25.8. The maximum atomic E-state index is 12.9. The summed E-state index contributed by atoms with van der Waals surface area (Å²) >= 11 is 5.07. The molecule has 2 aliphatic heterocycles. The van der Waals surface area contributed by atoms with E-state index >= 15 is 0 Å². The van der Waals surface area contributed by atoms with Crippen LogP contribution in [0.1, 0.15) is 10.7 Å². The van der Waals surface area contributed by atoms with Gasteiger partial charge in [0.2, 0.25) is 6.41 Å². The van der Waals surface area contributed by atoms with E-state index in [9.17, 15) is 24.3 Å². The van der Waals surface area contributed by atoms with E-state index in [0.29, 0.717) is 32.8 Å². The molecule has 0 aromatic carbocycles. The van der Waals surface area contributed by atoms with Gasteiger partial charge in [-0.1, -0.05) is 28.3 Å². The molecule has 0 spiro atoms. The van der Waals surface area contributed by atoms with Crippen molar-refractivity contribution in [2.45, 2.75) is 22.3 Å². The predicted molar refractivity (Wildman–Crippen MR) is 134 cm³/mol. The summed E-state index contributed by atoms with van der Waals surface area (Å²) in [6.45, 7) is 0.268. The van der Waals surface area contributed by atoms with Crippen molar-refractivity contribution in [2.75, 3.05) is 23.9 Å². The van der Waals surface area contributed by atoms with E-state index in [1.807, 2.05) is 0 Å². The van der Waals surface area contributed by atoms with E-state index in [0.717, 1.165) is 11.3 Å². The zero-order valence-electron chi connectivity index (χ0n) is 18.4. The van der Waals surface area contributed by atoms with Crippen LogP contribution in [0.15, 0.2) is 26.1 Å². The number of hydrogen-bond acceptors (Lipinski definition) is 14. The molecule has 2 atom stereocenters. The molecular formula is C18H18N8O6S4. The molecule has 1 unspecified atom stereocenters. The number of rotatable bonds is 11. The van der Waals surface area contributed by atoms with Crippen LogP contribution in [0.4, 0.5) is 5.13 Å². The number of carbonyl (C=O) groups is 4. The quantitative estimate of drug-likeness (QED) is 0.0920. The van der Waals surface area contributed by atoms with Gasteiger partial charge in [-0.25, -0.2) is 9.78 Å². The Labute approximate surface area is 219 Å². The molecule has 1 saturated heterocycles. The minimum Gasteiger partial charge on any atom is -0.477 e. The maximum absolute atomic E-state index is 12.9. The van der Waals surface area contributed by atoms with Gasteiger partial charge in [0.05, 0.1) is 0 Å². The van der Waals surface area contributed by atoms with E-state index in [2.05, 4.69) is 31.0 Å². The lowest BCUT2D eigenvalue weighted by Gasteiger charge is -2.49. The zero-order valence-corrected chi connectivity index (χ0v) is 21.6. The normalized spacial score (nSPS) is 19.4. The van der Waals surface area contributed by atoms with Crippen LogP contribution < -0.4 is 16.4 Å². The Morgan fingerprint density at radius 1 is 1.44 bits per heavy atom. The van der Waals surface area contributed by atoms with E-state index in [1.165, 1.54) is 52.3 Å². The lowest BCUT2D eigenvalue weighted by Crippen LogP contribution is -2.71. The number of thiazole rings is 1. The third-order valence-corrected chi connectivity index (χ3v) is 9.13. The Hall–Kier alpha value is -3.06. The monoisotopic (exact) mass is 570 g/mol. The molecule has 4 rings (SSSR count). The first-order chi connectivity index (χ1) is 17.4. The number of thioether (sulfide) groups is 2. The minimum atomic E-state index is -1.23. The van der Waals surface area contributed by atoms with Crippen molar-refractivity contribution in [3.05, 3.63) is 27.4 Å². The predicted octanol–water partition coefficient (Wildman–Crippen LogP) is -0.0970. The number of oxime groups is 1. The van der Waals surface area contributed by atoms with Gasteiger partial charge in [-0.3, -0.25) is 19.3 Å². The van der Waals surface area contributed by atoms with Gasteiger partial charge in [0, 0.05) is 23.4 Å². The van der Waals surface area contributed by atoms with Crippen molar-refractivity contribution in [1.82, 2.24) is 25.4 Å². The summed E-state index contributed by atoms with van der Waals surface area (Å²) < 4.78 is 0.651. The summed E-state index contributed by atoms with van der Waals surface area (Å²) in [6, 6.07) is -0.963. The highest BCUT2D eigenvalue weighted by molar-refractivity contribution is 8.01. The van der Waals surface area contributed by atoms with Gasteiger partial charge in [0.1, 0.15) is 34.9 Å². The number of hydrogen-bond donors (Lipinski definition) is 4. The number of nitrogens with one attached hydrogen (secondary N) is 2. The molecular weight excluding hydrogens is 553 g/mol. The molecule has 2 aromatic rings. The highest BCUT2D eigenvalue weighted by atomic mass is 32.2. The van der Waals surface area contributed by atoms with Gasteiger partial charge >= 0.3 is 5.97 Å². The Kier molecular flexibility index (Phi) is 8.19. The lowest BCUT2D eigenvalue weighted by atomic mass is 10.0. The fourth-order valence-corrected chi connectivity index (χ4v) is 7.24. The molecule has 0 saturated carbocycles. The van der Waals surface area contributed by atoms with Crippen LogP contribution in [0.3, 0.4) is 0 Å². The number of β-lactam (4-membered cyclic amide) rings is 1. The number of nitrogens with zero attached hydrogens (tertiary/aromatic N) is 5. The van der Waals surface area contributed by atoms with Crippen LogP contribution in [-0.4, -0.2) is 85.1 Å². The maximum Gasteiger partial charge on any atom is 0.352 e. The Bertz CT molecular complexity index is 1260. The Morgan fingerprint density at radius 2 is 2.25 bits per heavy atom. The lowest BCUT2D eigenvalue weighted by molar-refractivity contribution is -0.150. The average Bonchev–Trinajstić information content (AvgIpc) is 3.53. The van der Waals surface area contributed by atoms with Gasteiger partial charge in [-0.05, 0) is 5.57 Å². The first kappa shape index (κ1) is 26.0. The third kappa shape index (κ3) is 5.21. The van der Waals surface area contributed by atoms with Gasteiger partial charge < -0.3 is 26.3 Å². The molecule has 4 heterocycles. The molecule has 14 nitrogen and oxygen atoms in total. The van der Waals surface area contributed by atoms with E-state index in [4.69, 9.17) is 10.6 Å². The number of aliphatic carboxylic acids is 1. The Morgan fingerprint density at radius 3 is 2.92 bits per heavy atom. The fourth-order valence-electron chi connectivity index (χ4n) is 3.33. The molecule has 2 aromatic heterocycles. The number of carboxylic acids is 1. The molecule has 0 bridgehead atoms. The molecule has 3 amide bonds. The third-order valence-electron chi connectivity index (χ3n) is 4.86. The standard InChI is InChI=1S/C18H18N8O6S4/c1-32-25-10(8-5-34-17(21-8)20-6-27)13(28)22-11-14(29)26-12(16(30)31)7(3-33-15(11)26)4-35-18-24-23-9(2-19)36-18/h5-6,11,15H,2-4,19H2,1H3,(H,22,28)(H,30,31)(H,20,21,27)/t11?,15-/m1/s1.